The third-order valence-electron chi connectivity index (χ3n) is 3.04. The second-order valence-electron chi connectivity index (χ2n) is 4.40. The summed E-state index contributed by atoms with van der Waals surface area (Å²) in [6.07, 6.45) is 2.66. The molecule has 0 saturated carbocycles. The van der Waals surface area contributed by atoms with Crippen molar-refractivity contribution >= 4 is 15.9 Å². The first-order valence-corrected chi connectivity index (χ1v) is 6.92. The van der Waals surface area contributed by atoms with Crippen molar-refractivity contribution in [2.24, 2.45) is 5.73 Å². The van der Waals surface area contributed by atoms with Crippen LogP contribution in [0.25, 0.3) is 0 Å². The summed E-state index contributed by atoms with van der Waals surface area (Å²) in [5.41, 5.74) is 6.72. The minimum atomic E-state index is 0.544. The van der Waals surface area contributed by atoms with Crippen LogP contribution in [0.3, 0.4) is 0 Å². The van der Waals surface area contributed by atoms with Gasteiger partial charge in [-0.2, -0.15) is 0 Å². The Labute approximate surface area is 111 Å². The van der Waals surface area contributed by atoms with E-state index >= 15 is 0 Å². The van der Waals surface area contributed by atoms with E-state index in [9.17, 15) is 0 Å². The van der Waals surface area contributed by atoms with Crippen LogP contribution in [0.15, 0.2) is 22.7 Å². The van der Waals surface area contributed by atoms with E-state index in [0.717, 1.165) is 28.9 Å². The molecule has 1 aromatic carbocycles. The van der Waals surface area contributed by atoms with E-state index in [1.54, 1.807) is 0 Å². The molecule has 0 unspecified atom stereocenters. The zero-order valence-corrected chi connectivity index (χ0v) is 11.6. The maximum absolute atomic E-state index is 5.76. The lowest BCUT2D eigenvalue weighted by atomic mass is 10.2. The Morgan fingerprint density at radius 3 is 2.71 bits per heavy atom. The Kier molecular flexibility index (Phi) is 4.83. The Hall–Kier alpha value is -0.580. The van der Waals surface area contributed by atoms with Crippen molar-refractivity contribution in [3.05, 3.63) is 28.2 Å². The summed E-state index contributed by atoms with van der Waals surface area (Å²) < 4.78 is 6.79. The maximum Gasteiger partial charge on any atom is 0.120 e. The Morgan fingerprint density at radius 2 is 2.00 bits per heavy atom. The van der Waals surface area contributed by atoms with Gasteiger partial charge in [-0.1, -0.05) is 15.9 Å². The number of hydrogen-bond acceptors (Lipinski definition) is 3. The summed E-state index contributed by atoms with van der Waals surface area (Å²) in [6, 6.07) is 6.02. The average molecular weight is 299 g/mol. The van der Waals surface area contributed by atoms with E-state index in [1.165, 1.54) is 25.9 Å². The van der Waals surface area contributed by atoms with Gasteiger partial charge >= 0.3 is 0 Å². The third kappa shape index (κ3) is 3.98. The zero-order chi connectivity index (χ0) is 12.1. The number of nitrogens with zero attached hydrogens (tertiary/aromatic N) is 1. The fourth-order valence-electron chi connectivity index (χ4n) is 2.12. The molecule has 0 radical (unpaired) electrons. The van der Waals surface area contributed by atoms with E-state index in [-0.39, 0.29) is 0 Å². The number of halogens is 1. The predicted octanol–water partition coefficient (Wildman–Crippen LogP) is 2.38. The first-order valence-electron chi connectivity index (χ1n) is 6.12. The molecular weight excluding hydrogens is 280 g/mol. The van der Waals surface area contributed by atoms with Crippen LogP contribution in [0.1, 0.15) is 18.4 Å². The molecule has 0 bridgehead atoms. The van der Waals surface area contributed by atoms with Gasteiger partial charge in [-0.15, -0.1) is 0 Å². The SMILES string of the molecule is NCc1cc(Br)cc(OCCN2CCCC2)c1. The number of ether oxygens (including phenoxy) is 1. The van der Waals surface area contributed by atoms with Crippen LogP contribution in [0.4, 0.5) is 0 Å². The van der Waals surface area contributed by atoms with Crippen molar-refractivity contribution in [2.45, 2.75) is 19.4 Å². The fraction of sp³-hybridized carbons (Fsp3) is 0.538. The molecule has 4 heteroatoms. The molecule has 1 saturated heterocycles. The van der Waals surface area contributed by atoms with Gasteiger partial charge in [0.1, 0.15) is 12.4 Å². The molecular formula is C13H19BrN2O. The standard InChI is InChI=1S/C13H19BrN2O/c14-12-7-11(10-15)8-13(9-12)17-6-5-16-3-1-2-4-16/h7-9H,1-6,10,15H2. The van der Waals surface area contributed by atoms with E-state index in [2.05, 4.69) is 20.8 Å². The van der Waals surface area contributed by atoms with E-state index in [0.29, 0.717) is 6.54 Å². The van der Waals surface area contributed by atoms with Gasteiger partial charge < -0.3 is 10.5 Å². The van der Waals surface area contributed by atoms with Crippen molar-refractivity contribution in [2.75, 3.05) is 26.2 Å². The van der Waals surface area contributed by atoms with Gasteiger partial charge in [-0.25, -0.2) is 0 Å². The van der Waals surface area contributed by atoms with Crippen molar-refractivity contribution in [3.63, 3.8) is 0 Å². The quantitative estimate of drug-likeness (QED) is 0.907. The summed E-state index contributed by atoms with van der Waals surface area (Å²) in [5, 5.41) is 0. The topological polar surface area (TPSA) is 38.5 Å². The highest BCUT2D eigenvalue weighted by molar-refractivity contribution is 9.10. The van der Waals surface area contributed by atoms with Gasteiger partial charge in [-0.05, 0) is 49.7 Å². The lowest BCUT2D eigenvalue weighted by Gasteiger charge is -2.15. The molecule has 1 aromatic rings. The number of benzene rings is 1. The molecule has 0 aliphatic carbocycles. The normalized spacial score (nSPS) is 16.4. The highest BCUT2D eigenvalue weighted by atomic mass is 79.9. The summed E-state index contributed by atoms with van der Waals surface area (Å²) in [4.78, 5) is 2.45. The van der Waals surface area contributed by atoms with E-state index in [1.807, 2.05) is 18.2 Å². The van der Waals surface area contributed by atoms with Gasteiger partial charge in [0.2, 0.25) is 0 Å². The Bertz CT molecular complexity index is 364. The van der Waals surface area contributed by atoms with E-state index in [4.69, 9.17) is 10.5 Å². The summed E-state index contributed by atoms with van der Waals surface area (Å²) in [6.45, 7) is 4.75. The molecule has 0 amide bonds. The molecule has 1 aliphatic rings. The largest absolute Gasteiger partial charge is 0.492 e. The van der Waals surface area contributed by atoms with Crippen LogP contribution in [-0.2, 0) is 6.54 Å². The van der Waals surface area contributed by atoms with Crippen LogP contribution in [0, 0.1) is 0 Å². The molecule has 94 valence electrons. The first-order chi connectivity index (χ1) is 8.28. The minimum Gasteiger partial charge on any atom is -0.492 e. The molecule has 3 nitrogen and oxygen atoms in total. The average Bonchev–Trinajstić information content (AvgIpc) is 2.81. The van der Waals surface area contributed by atoms with Gasteiger partial charge in [0, 0.05) is 17.6 Å². The van der Waals surface area contributed by atoms with Crippen LogP contribution in [0.5, 0.6) is 5.75 Å². The molecule has 17 heavy (non-hydrogen) atoms. The van der Waals surface area contributed by atoms with Gasteiger partial charge in [0.15, 0.2) is 0 Å². The van der Waals surface area contributed by atoms with Gasteiger partial charge in [0.05, 0.1) is 0 Å². The Balaban J connectivity index is 1.83. The van der Waals surface area contributed by atoms with Gasteiger partial charge in [0.25, 0.3) is 0 Å². The minimum absolute atomic E-state index is 0.544. The summed E-state index contributed by atoms with van der Waals surface area (Å²) >= 11 is 3.47. The summed E-state index contributed by atoms with van der Waals surface area (Å²) in [5.74, 6) is 0.902. The first kappa shape index (κ1) is 12.9. The van der Waals surface area contributed by atoms with Crippen molar-refractivity contribution in [3.8, 4) is 5.75 Å². The number of nitrogens with two attached hydrogens (primary N) is 1. The van der Waals surface area contributed by atoms with Gasteiger partial charge in [-0.3, -0.25) is 4.90 Å². The van der Waals surface area contributed by atoms with Crippen molar-refractivity contribution < 1.29 is 4.74 Å². The molecule has 1 heterocycles. The van der Waals surface area contributed by atoms with Crippen molar-refractivity contribution in [1.82, 2.24) is 4.90 Å². The molecule has 0 spiro atoms. The molecule has 2 N–H and O–H groups in total. The number of likely N-dealkylation sites (tertiary alicyclic amines) is 1. The second-order valence-corrected chi connectivity index (χ2v) is 5.31. The van der Waals surface area contributed by atoms with E-state index < -0.39 is 0 Å². The number of hydrogen-bond donors (Lipinski definition) is 1. The van der Waals surface area contributed by atoms with Crippen LogP contribution in [-0.4, -0.2) is 31.1 Å². The molecule has 1 aliphatic heterocycles. The third-order valence-corrected chi connectivity index (χ3v) is 3.50. The monoisotopic (exact) mass is 298 g/mol. The van der Waals surface area contributed by atoms with Crippen LogP contribution < -0.4 is 10.5 Å². The predicted molar refractivity (Wildman–Crippen MR) is 73.2 cm³/mol. The molecule has 1 fully saturated rings. The van der Waals surface area contributed by atoms with Crippen molar-refractivity contribution in [1.29, 1.82) is 0 Å². The number of rotatable bonds is 5. The highest BCUT2D eigenvalue weighted by Crippen LogP contribution is 2.21. The lowest BCUT2D eigenvalue weighted by molar-refractivity contribution is 0.237. The molecule has 0 atom stereocenters. The second kappa shape index (κ2) is 6.38. The van der Waals surface area contributed by atoms with Crippen LogP contribution in [0.2, 0.25) is 0 Å². The fourth-order valence-corrected chi connectivity index (χ4v) is 2.64. The smallest absolute Gasteiger partial charge is 0.120 e. The maximum atomic E-state index is 5.76. The summed E-state index contributed by atoms with van der Waals surface area (Å²) in [7, 11) is 0. The molecule has 2 rings (SSSR count). The molecule has 0 aromatic heterocycles. The zero-order valence-electron chi connectivity index (χ0n) is 9.99. The Morgan fingerprint density at radius 1 is 1.24 bits per heavy atom. The lowest BCUT2D eigenvalue weighted by Crippen LogP contribution is -2.25. The van der Waals surface area contributed by atoms with Crippen LogP contribution >= 0.6 is 15.9 Å². The highest BCUT2D eigenvalue weighted by Gasteiger charge is 2.10.